The molecular formula is C18H21N3O. The second-order valence-corrected chi connectivity index (χ2v) is 5.70. The largest absolute Gasteiger partial charge is 0.385 e. The number of aliphatic hydroxyl groups is 1. The van der Waals surface area contributed by atoms with Gasteiger partial charge in [-0.05, 0) is 38.8 Å². The Balaban J connectivity index is 2.07. The lowest BCUT2D eigenvalue weighted by molar-refractivity contribution is 0.0515. The van der Waals surface area contributed by atoms with E-state index < -0.39 is 5.60 Å². The maximum Gasteiger partial charge on any atom is 0.103 e. The van der Waals surface area contributed by atoms with Gasteiger partial charge >= 0.3 is 0 Å². The van der Waals surface area contributed by atoms with Crippen LogP contribution in [0.25, 0.3) is 0 Å². The first-order chi connectivity index (χ1) is 10.4. The summed E-state index contributed by atoms with van der Waals surface area (Å²) in [4.78, 5) is 4.30. The second kappa shape index (κ2) is 6.59. The highest BCUT2D eigenvalue weighted by molar-refractivity contribution is 5.59. The van der Waals surface area contributed by atoms with Crippen LogP contribution in [0.5, 0.6) is 0 Å². The molecule has 114 valence electrons. The van der Waals surface area contributed by atoms with Gasteiger partial charge < -0.3 is 10.4 Å². The summed E-state index contributed by atoms with van der Waals surface area (Å²) >= 11 is 0. The molecular weight excluding hydrogens is 274 g/mol. The van der Waals surface area contributed by atoms with Gasteiger partial charge in [0.25, 0.3) is 0 Å². The number of hydrogen-bond acceptors (Lipinski definition) is 4. The van der Waals surface area contributed by atoms with Crippen LogP contribution in [0.4, 0.5) is 5.69 Å². The first kappa shape index (κ1) is 16.0. The molecule has 2 rings (SSSR count). The van der Waals surface area contributed by atoms with E-state index in [1.54, 1.807) is 6.92 Å². The van der Waals surface area contributed by atoms with Crippen molar-refractivity contribution >= 4 is 5.69 Å². The molecule has 0 saturated heterocycles. The first-order valence-electron chi connectivity index (χ1n) is 7.34. The predicted molar refractivity (Wildman–Crippen MR) is 87.5 cm³/mol. The molecule has 1 aromatic heterocycles. The normalized spacial score (nSPS) is 13.2. The zero-order valence-electron chi connectivity index (χ0n) is 13.2. The van der Waals surface area contributed by atoms with E-state index in [0.717, 1.165) is 22.6 Å². The van der Waals surface area contributed by atoms with E-state index in [0.29, 0.717) is 18.5 Å². The molecule has 22 heavy (non-hydrogen) atoms. The van der Waals surface area contributed by atoms with Crippen LogP contribution in [-0.2, 0) is 5.60 Å². The Hall–Kier alpha value is -2.38. The summed E-state index contributed by atoms with van der Waals surface area (Å²) in [5, 5.41) is 23.1. The lowest BCUT2D eigenvalue weighted by atomic mass is 9.92. The highest BCUT2D eigenvalue weighted by atomic mass is 16.3. The van der Waals surface area contributed by atoms with E-state index in [2.05, 4.69) is 16.4 Å². The minimum absolute atomic E-state index is 0.544. The third kappa shape index (κ3) is 3.63. The van der Waals surface area contributed by atoms with Crippen molar-refractivity contribution in [3.63, 3.8) is 0 Å². The fourth-order valence-corrected chi connectivity index (χ4v) is 2.49. The van der Waals surface area contributed by atoms with Gasteiger partial charge in [-0.25, -0.2) is 0 Å². The summed E-state index contributed by atoms with van der Waals surface area (Å²) < 4.78 is 0. The maximum atomic E-state index is 10.6. The fourth-order valence-electron chi connectivity index (χ4n) is 2.49. The van der Waals surface area contributed by atoms with Crippen LogP contribution in [0.2, 0.25) is 0 Å². The number of aromatic nitrogens is 1. The van der Waals surface area contributed by atoms with Crippen LogP contribution in [0.15, 0.2) is 36.4 Å². The van der Waals surface area contributed by atoms with Gasteiger partial charge in [0.15, 0.2) is 0 Å². The van der Waals surface area contributed by atoms with Crippen LogP contribution in [-0.4, -0.2) is 16.6 Å². The Morgan fingerprint density at radius 3 is 2.59 bits per heavy atom. The van der Waals surface area contributed by atoms with Crippen LogP contribution in [0.1, 0.15) is 35.9 Å². The molecule has 0 radical (unpaired) electrons. The monoisotopic (exact) mass is 295 g/mol. The Labute approximate surface area is 131 Å². The minimum Gasteiger partial charge on any atom is -0.385 e. The topological polar surface area (TPSA) is 68.9 Å². The van der Waals surface area contributed by atoms with Gasteiger partial charge in [0, 0.05) is 12.2 Å². The molecule has 1 atom stereocenters. The van der Waals surface area contributed by atoms with E-state index in [9.17, 15) is 10.4 Å². The molecule has 4 heteroatoms. The fraction of sp³-hybridized carbons (Fsp3) is 0.333. The molecule has 4 nitrogen and oxygen atoms in total. The standard InChI is InChI=1S/C18H21N3O/c1-13-11-17(16(12-19)14(2)21-13)20-10-9-18(3,22)15-7-5-4-6-8-15/h4-8,11,22H,9-10H2,1-3H3,(H,20,21). The third-order valence-corrected chi connectivity index (χ3v) is 3.76. The number of benzene rings is 1. The molecule has 1 unspecified atom stereocenters. The molecule has 0 amide bonds. The van der Waals surface area contributed by atoms with Crippen molar-refractivity contribution < 1.29 is 5.11 Å². The molecule has 0 saturated carbocycles. The summed E-state index contributed by atoms with van der Waals surface area (Å²) in [5.74, 6) is 0. The number of anilines is 1. The van der Waals surface area contributed by atoms with E-state index in [1.807, 2.05) is 50.2 Å². The Morgan fingerprint density at radius 2 is 1.95 bits per heavy atom. The lowest BCUT2D eigenvalue weighted by Crippen LogP contribution is -2.24. The zero-order valence-corrected chi connectivity index (χ0v) is 13.2. The van der Waals surface area contributed by atoms with Gasteiger partial charge in [-0.2, -0.15) is 5.26 Å². The number of rotatable bonds is 5. The highest BCUT2D eigenvalue weighted by Gasteiger charge is 2.22. The zero-order chi connectivity index (χ0) is 16.2. The predicted octanol–water partition coefficient (Wildman–Crippen LogP) is 3.28. The number of aryl methyl sites for hydroxylation is 2. The number of pyridine rings is 1. The molecule has 0 aliphatic heterocycles. The van der Waals surface area contributed by atoms with Crippen molar-refractivity contribution in [2.24, 2.45) is 0 Å². The van der Waals surface area contributed by atoms with Gasteiger partial charge in [-0.15, -0.1) is 0 Å². The SMILES string of the molecule is Cc1cc(NCCC(C)(O)c2ccccc2)c(C#N)c(C)n1. The van der Waals surface area contributed by atoms with E-state index in [1.165, 1.54) is 0 Å². The number of nitrogens with zero attached hydrogens (tertiary/aromatic N) is 2. The molecule has 0 aliphatic carbocycles. The van der Waals surface area contributed by atoms with E-state index in [4.69, 9.17) is 0 Å². The summed E-state index contributed by atoms with van der Waals surface area (Å²) in [6.45, 7) is 6.11. The van der Waals surface area contributed by atoms with Gasteiger partial charge in [0.1, 0.15) is 6.07 Å². The number of hydrogen-bond donors (Lipinski definition) is 2. The molecule has 2 N–H and O–H groups in total. The molecule has 0 spiro atoms. The average molecular weight is 295 g/mol. The van der Waals surface area contributed by atoms with Crippen LogP contribution >= 0.6 is 0 Å². The first-order valence-corrected chi connectivity index (χ1v) is 7.34. The van der Waals surface area contributed by atoms with Crippen molar-refractivity contribution in [3.8, 4) is 6.07 Å². The summed E-state index contributed by atoms with van der Waals surface area (Å²) in [6.07, 6.45) is 0.544. The van der Waals surface area contributed by atoms with E-state index in [-0.39, 0.29) is 0 Å². The molecule has 2 aromatic rings. The summed E-state index contributed by atoms with van der Waals surface area (Å²) in [6, 6.07) is 13.6. The summed E-state index contributed by atoms with van der Waals surface area (Å²) in [7, 11) is 0. The van der Waals surface area contributed by atoms with Crippen molar-refractivity contribution in [1.82, 2.24) is 4.98 Å². The Kier molecular flexibility index (Phi) is 4.79. The van der Waals surface area contributed by atoms with Crippen LogP contribution in [0.3, 0.4) is 0 Å². The number of nitriles is 1. The van der Waals surface area contributed by atoms with Gasteiger partial charge in [-0.3, -0.25) is 4.98 Å². The van der Waals surface area contributed by atoms with Crippen molar-refractivity contribution in [3.05, 3.63) is 58.9 Å². The quantitative estimate of drug-likeness (QED) is 0.888. The second-order valence-electron chi connectivity index (χ2n) is 5.70. The van der Waals surface area contributed by atoms with Crippen molar-refractivity contribution in [2.75, 3.05) is 11.9 Å². The molecule has 1 heterocycles. The molecule has 0 aliphatic rings. The molecule has 0 fully saturated rings. The van der Waals surface area contributed by atoms with Gasteiger partial charge in [0.2, 0.25) is 0 Å². The van der Waals surface area contributed by atoms with Crippen molar-refractivity contribution in [1.29, 1.82) is 5.26 Å². The molecule has 1 aromatic carbocycles. The van der Waals surface area contributed by atoms with Crippen LogP contribution in [0, 0.1) is 25.2 Å². The molecule has 0 bridgehead atoms. The average Bonchev–Trinajstić information content (AvgIpc) is 2.47. The summed E-state index contributed by atoms with van der Waals surface area (Å²) in [5.41, 5.74) is 2.91. The lowest BCUT2D eigenvalue weighted by Gasteiger charge is -2.24. The van der Waals surface area contributed by atoms with E-state index >= 15 is 0 Å². The van der Waals surface area contributed by atoms with Crippen molar-refractivity contribution in [2.45, 2.75) is 32.8 Å². The highest BCUT2D eigenvalue weighted by Crippen LogP contribution is 2.25. The number of nitrogens with one attached hydrogen (secondary N) is 1. The van der Waals surface area contributed by atoms with Gasteiger partial charge in [0.05, 0.1) is 22.5 Å². The smallest absolute Gasteiger partial charge is 0.103 e. The maximum absolute atomic E-state index is 10.6. The Bertz CT molecular complexity index is 687. The minimum atomic E-state index is -0.905. The van der Waals surface area contributed by atoms with Gasteiger partial charge in [-0.1, -0.05) is 30.3 Å². The van der Waals surface area contributed by atoms with Crippen LogP contribution < -0.4 is 5.32 Å². The third-order valence-electron chi connectivity index (χ3n) is 3.76. The Morgan fingerprint density at radius 1 is 1.27 bits per heavy atom.